The van der Waals surface area contributed by atoms with E-state index < -0.39 is 0 Å². The van der Waals surface area contributed by atoms with Gasteiger partial charge in [-0.3, -0.25) is 4.79 Å². The van der Waals surface area contributed by atoms with Crippen molar-refractivity contribution in [2.75, 3.05) is 6.61 Å². The Kier molecular flexibility index (Phi) is 5.93. The summed E-state index contributed by atoms with van der Waals surface area (Å²) in [5, 5.41) is 0. The summed E-state index contributed by atoms with van der Waals surface area (Å²) in [7, 11) is 0. The minimum atomic E-state index is -0.0109. The maximum Gasteiger partial charge on any atom is 0.158 e. The van der Waals surface area contributed by atoms with E-state index in [1.807, 2.05) is 0 Å². The zero-order valence-corrected chi connectivity index (χ0v) is 15.3. The van der Waals surface area contributed by atoms with Crippen molar-refractivity contribution in [2.24, 2.45) is 5.41 Å². The molecule has 24 heavy (non-hydrogen) atoms. The number of aldehydes is 1. The summed E-state index contributed by atoms with van der Waals surface area (Å²) in [4.78, 5) is 11.6. The molecule has 0 aromatic heterocycles. The van der Waals surface area contributed by atoms with Crippen LogP contribution in [-0.2, 0) is 14.3 Å². The highest BCUT2D eigenvalue weighted by Crippen LogP contribution is 2.44. The first-order valence-electron chi connectivity index (χ1n) is 9.74. The summed E-state index contributed by atoms with van der Waals surface area (Å²) in [5.41, 5.74) is 3.82. The van der Waals surface area contributed by atoms with Crippen molar-refractivity contribution in [1.82, 2.24) is 0 Å². The molecule has 1 fully saturated rings. The van der Waals surface area contributed by atoms with Gasteiger partial charge >= 0.3 is 0 Å². The molecule has 3 nitrogen and oxygen atoms in total. The standard InChI is InChI=1S/C21H32O3/c1-16-7-6-12-21(2,18(16)15-22)13-11-17-8-5-9-19(17)24-20-10-3-4-14-23-20/h8,15,19-20H,3-7,9-14H2,1-2H3/t19-,20-,21+/m1/s1. The molecule has 134 valence electrons. The Labute approximate surface area is 146 Å². The Balaban J connectivity index is 1.58. The molecule has 0 aromatic rings. The van der Waals surface area contributed by atoms with Gasteiger partial charge in [-0.2, -0.15) is 0 Å². The fraction of sp³-hybridized carbons (Fsp3) is 0.762. The van der Waals surface area contributed by atoms with Crippen LogP contribution in [-0.4, -0.2) is 25.3 Å². The van der Waals surface area contributed by atoms with Crippen LogP contribution in [0.25, 0.3) is 0 Å². The van der Waals surface area contributed by atoms with Gasteiger partial charge in [-0.05, 0) is 87.7 Å². The molecule has 1 aliphatic heterocycles. The molecule has 0 radical (unpaired) electrons. The second kappa shape index (κ2) is 7.97. The van der Waals surface area contributed by atoms with Crippen LogP contribution in [0, 0.1) is 5.41 Å². The fourth-order valence-corrected chi connectivity index (χ4v) is 4.61. The summed E-state index contributed by atoms with van der Waals surface area (Å²) in [6.45, 7) is 5.23. The van der Waals surface area contributed by atoms with Crippen molar-refractivity contribution >= 4 is 6.29 Å². The molecule has 2 aliphatic carbocycles. The van der Waals surface area contributed by atoms with Crippen molar-refractivity contribution in [1.29, 1.82) is 0 Å². The molecule has 0 aromatic carbocycles. The van der Waals surface area contributed by atoms with Gasteiger partial charge in [0.25, 0.3) is 0 Å². The Hall–Kier alpha value is -0.930. The summed E-state index contributed by atoms with van der Waals surface area (Å²) in [6.07, 6.45) is 14.8. The van der Waals surface area contributed by atoms with Crippen LogP contribution in [0.5, 0.6) is 0 Å². The van der Waals surface area contributed by atoms with Gasteiger partial charge in [-0.1, -0.05) is 18.6 Å². The molecule has 0 bridgehead atoms. The Morgan fingerprint density at radius 1 is 1.33 bits per heavy atom. The fourth-order valence-electron chi connectivity index (χ4n) is 4.61. The number of allylic oxidation sites excluding steroid dienone is 3. The zero-order valence-electron chi connectivity index (χ0n) is 15.3. The van der Waals surface area contributed by atoms with Crippen molar-refractivity contribution in [3.05, 3.63) is 22.8 Å². The van der Waals surface area contributed by atoms with Gasteiger partial charge in [0.2, 0.25) is 0 Å². The van der Waals surface area contributed by atoms with Crippen LogP contribution in [0.15, 0.2) is 22.8 Å². The zero-order chi connectivity index (χ0) is 17.0. The average Bonchev–Trinajstić information content (AvgIpc) is 3.01. The maximum atomic E-state index is 11.6. The Morgan fingerprint density at radius 3 is 2.96 bits per heavy atom. The number of carbonyl (C=O) groups excluding carboxylic acids is 1. The highest BCUT2D eigenvalue weighted by atomic mass is 16.7. The molecule has 0 saturated carbocycles. The lowest BCUT2D eigenvalue weighted by atomic mass is 9.68. The van der Waals surface area contributed by atoms with Crippen LogP contribution in [0.1, 0.15) is 78.1 Å². The minimum absolute atomic E-state index is 0.0109. The summed E-state index contributed by atoms with van der Waals surface area (Å²) >= 11 is 0. The average molecular weight is 332 g/mol. The molecule has 0 spiro atoms. The smallest absolute Gasteiger partial charge is 0.158 e. The molecule has 1 saturated heterocycles. The lowest BCUT2D eigenvalue weighted by Crippen LogP contribution is -2.29. The van der Waals surface area contributed by atoms with Crippen molar-refractivity contribution in [2.45, 2.75) is 90.4 Å². The molecular weight excluding hydrogens is 300 g/mol. The number of ether oxygens (including phenoxy) is 2. The first-order valence-corrected chi connectivity index (χ1v) is 9.74. The molecular formula is C21H32O3. The summed E-state index contributed by atoms with van der Waals surface area (Å²) in [5.74, 6) is 0. The van der Waals surface area contributed by atoms with E-state index in [1.165, 1.54) is 24.0 Å². The van der Waals surface area contributed by atoms with Crippen LogP contribution >= 0.6 is 0 Å². The Morgan fingerprint density at radius 2 is 2.21 bits per heavy atom. The Bertz CT molecular complexity index is 513. The number of rotatable bonds is 6. The topological polar surface area (TPSA) is 35.5 Å². The molecule has 0 unspecified atom stereocenters. The summed E-state index contributed by atoms with van der Waals surface area (Å²) in [6, 6.07) is 0. The molecule has 3 aliphatic rings. The second-order valence-electron chi connectivity index (χ2n) is 8.00. The van der Waals surface area contributed by atoms with Crippen molar-refractivity contribution in [3.63, 3.8) is 0 Å². The third-order valence-corrected chi connectivity index (χ3v) is 6.18. The van der Waals surface area contributed by atoms with E-state index in [1.54, 1.807) is 0 Å². The third kappa shape index (κ3) is 4.00. The van der Waals surface area contributed by atoms with E-state index >= 15 is 0 Å². The number of carbonyl (C=O) groups is 1. The predicted octanol–water partition coefficient (Wildman–Crippen LogP) is 5.10. The first kappa shape index (κ1) is 17.9. The third-order valence-electron chi connectivity index (χ3n) is 6.18. The van der Waals surface area contributed by atoms with Crippen LogP contribution < -0.4 is 0 Å². The predicted molar refractivity (Wildman–Crippen MR) is 95.7 cm³/mol. The summed E-state index contributed by atoms with van der Waals surface area (Å²) < 4.78 is 12.0. The number of hydrogen-bond donors (Lipinski definition) is 0. The first-order chi connectivity index (χ1) is 11.6. The lowest BCUT2D eigenvalue weighted by Gasteiger charge is -2.36. The van der Waals surface area contributed by atoms with Gasteiger partial charge in [0, 0.05) is 6.61 Å². The van der Waals surface area contributed by atoms with E-state index in [4.69, 9.17) is 9.47 Å². The van der Waals surface area contributed by atoms with E-state index in [0.29, 0.717) is 0 Å². The molecule has 0 amide bonds. The SMILES string of the molecule is CC1=C(C=O)[C@](C)(CCC2=CCC[C@H]2O[C@@H]2CCCCO2)CCC1. The highest BCUT2D eigenvalue weighted by molar-refractivity contribution is 5.77. The monoisotopic (exact) mass is 332 g/mol. The lowest BCUT2D eigenvalue weighted by molar-refractivity contribution is -0.180. The molecule has 3 atom stereocenters. The maximum absolute atomic E-state index is 11.6. The van der Waals surface area contributed by atoms with Gasteiger partial charge in [0.05, 0.1) is 6.10 Å². The second-order valence-corrected chi connectivity index (χ2v) is 8.00. The van der Waals surface area contributed by atoms with Gasteiger partial charge in [-0.25, -0.2) is 0 Å². The molecule has 1 heterocycles. The van der Waals surface area contributed by atoms with Crippen molar-refractivity contribution in [3.8, 4) is 0 Å². The van der Waals surface area contributed by atoms with Crippen LogP contribution in [0.2, 0.25) is 0 Å². The van der Waals surface area contributed by atoms with E-state index in [9.17, 15) is 4.79 Å². The number of hydrogen-bond acceptors (Lipinski definition) is 3. The minimum Gasteiger partial charge on any atom is -0.353 e. The van der Waals surface area contributed by atoms with E-state index in [-0.39, 0.29) is 17.8 Å². The quantitative estimate of drug-likeness (QED) is 0.501. The van der Waals surface area contributed by atoms with Gasteiger partial charge in [-0.15, -0.1) is 0 Å². The normalized spacial score (nSPS) is 34.3. The molecule has 3 heteroatoms. The largest absolute Gasteiger partial charge is 0.353 e. The van der Waals surface area contributed by atoms with Gasteiger partial charge in [0.1, 0.15) is 6.29 Å². The molecule has 0 N–H and O–H groups in total. The van der Waals surface area contributed by atoms with Gasteiger partial charge < -0.3 is 9.47 Å². The van der Waals surface area contributed by atoms with Crippen LogP contribution in [0.4, 0.5) is 0 Å². The van der Waals surface area contributed by atoms with Crippen molar-refractivity contribution < 1.29 is 14.3 Å². The van der Waals surface area contributed by atoms with Crippen LogP contribution in [0.3, 0.4) is 0 Å². The van der Waals surface area contributed by atoms with Gasteiger partial charge in [0.15, 0.2) is 6.29 Å². The van der Waals surface area contributed by atoms with E-state index in [2.05, 4.69) is 19.9 Å². The highest BCUT2D eigenvalue weighted by Gasteiger charge is 2.34. The molecule has 3 rings (SSSR count). The van der Waals surface area contributed by atoms with E-state index in [0.717, 1.165) is 69.8 Å².